The molecule has 1 atom stereocenters. The van der Waals surface area contributed by atoms with E-state index in [9.17, 15) is 0 Å². The lowest BCUT2D eigenvalue weighted by Crippen LogP contribution is -2.20. The summed E-state index contributed by atoms with van der Waals surface area (Å²) in [6.45, 7) is 18.3. The van der Waals surface area contributed by atoms with Crippen LogP contribution in [0, 0.1) is 0 Å². The predicted molar refractivity (Wildman–Crippen MR) is 126 cm³/mol. The van der Waals surface area contributed by atoms with Gasteiger partial charge in [0.1, 0.15) is 0 Å². The van der Waals surface area contributed by atoms with E-state index in [2.05, 4.69) is 32.7 Å². The molecule has 0 aromatic heterocycles. The monoisotopic (exact) mass is 372 g/mol. The van der Waals surface area contributed by atoms with E-state index in [1.807, 2.05) is 80.6 Å². The lowest BCUT2D eigenvalue weighted by atomic mass is 9.75. The van der Waals surface area contributed by atoms with Crippen LogP contribution in [0.15, 0.2) is 121 Å². The Labute approximate surface area is 170 Å². The van der Waals surface area contributed by atoms with Gasteiger partial charge in [-0.2, -0.15) is 0 Å². The summed E-state index contributed by atoms with van der Waals surface area (Å²) < 4.78 is 0. The molecule has 0 radical (unpaired) electrons. The maximum atomic E-state index is 5.86. The third-order valence-electron chi connectivity index (χ3n) is 4.66. The summed E-state index contributed by atoms with van der Waals surface area (Å²) in [4.78, 5) is 0. The lowest BCUT2D eigenvalue weighted by molar-refractivity contribution is 0.725. The van der Waals surface area contributed by atoms with Gasteiger partial charge >= 0.3 is 0 Å². The topological polar surface area (TPSA) is 52.0 Å². The Bertz CT molecular complexity index is 858. The third kappa shape index (κ3) is 6.48. The molecule has 4 N–H and O–H groups in total. The summed E-state index contributed by atoms with van der Waals surface area (Å²) in [5.74, 6) is 0. The molecular weight excluding hydrogens is 340 g/mol. The van der Waals surface area contributed by atoms with Crippen LogP contribution < -0.4 is 11.5 Å². The van der Waals surface area contributed by atoms with Crippen LogP contribution in [-0.2, 0) is 5.41 Å². The number of nitrogen functional groups attached to an aromatic ring is 1. The molecule has 0 amide bonds. The highest BCUT2D eigenvalue weighted by Gasteiger charge is 2.25. The van der Waals surface area contributed by atoms with Crippen LogP contribution in [0.5, 0.6) is 0 Å². The molecule has 28 heavy (non-hydrogen) atoms. The van der Waals surface area contributed by atoms with Crippen molar-refractivity contribution >= 4 is 5.69 Å². The first-order valence-electron chi connectivity index (χ1n) is 9.24. The fraction of sp³-hybridized carbons (Fsp3) is 0.154. The SMILES string of the molecule is C=C/C(N)=C\C=C\C(C)(C(=C)/C=C\C(=C)/C(C)=C/C=C\C)c1ccc(N)cc1. The zero-order valence-electron chi connectivity index (χ0n) is 17.3. The van der Waals surface area contributed by atoms with Crippen molar-refractivity contribution in [2.24, 2.45) is 5.73 Å². The van der Waals surface area contributed by atoms with E-state index in [4.69, 9.17) is 11.5 Å². The molecule has 0 bridgehead atoms. The van der Waals surface area contributed by atoms with Crippen molar-refractivity contribution in [1.82, 2.24) is 0 Å². The van der Waals surface area contributed by atoms with Gasteiger partial charge in [0.05, 0.1) is 0 Å². The van der Waals surface area contributed by atoms with Gasteiger partial charge in [-0.05, 0) is 67.3 Å². The van der Waals surface area contributed by atoms with Gasteiger partial charge in [0.15, 0.2) is 0 Å². The molecule has 0 spiro atoms. The highest BCUT2D eigenvalue weighted by atomic mass is 14.5. The zero-order valence-corrected chi connectivity index (χ0v) is 17.3. The van der Waals surface area contributed by atoms with E-state index in [0.717, 1.165) is 28.0 Å². The highest BCUT2D eigenvalue weighted by Crippen LogP contribution is 2.34. The summed E-state index contributed by atoms with van der Waals surface area (Å²) in [6, 6.07) is 7.83. The van der Waals surface area contributed by atoms with Gasteiger partial charge in [0.2, 0.25) is 0 Å². The number of allylic oxidation sites excluding steroid dienone is 12. The minimum absolute atomic E-state index is 0.427. The summed E-state index contributed by atoms with van der Waals surface area (Å²) in [7, 11) is 0. The Kier molecular flexibility index (Phi) is 8.77. The van der Waals surface area contributed by atoms with Gasteiger partial charge in [-0.15, -0.1) is 0 Å². The molecule has 1 aromatic rings. The van der Waals surface area contributed by atoms with Crippen molar-refractivity contribution in [3.8, 4) is 0 Å². The van der Waals surface area contributed by atoms with E-state index >= 15 is 0 Å². The van der Waals surface area contributed by atoms with E-state index < -0.39 is 5.41 Å². The van der Waals surface area contributed by atoms with Crippen LogP contribution in [0.3, 0.4) is 0 Å². The van der Waals surface area contributed by atoms with Crippen LogP contribution >= 0.6 is 0 Å². The maximum Gasteiger partial charge on any atom is 0.0350 e. The van der Waals surface area contributed by atoms with Crippen LogP contribution in [0.2, 0.25) is 0 Å². The number of benzene rings is 1. The Hall–Kier alpha value is -3.26. The second-order valence-corrected chi connectivity index (χ2v) is 6.81. The number of rotatable bonds is 9. The van der Waals surface area contributed by atoms with Crippen molar-refractivity contribution in [3.63, 3.8) is 0 Å². The first-order valence-corrected chi connectivity index (χ1v) is 9.24. The van der Waals surface area contributed by atoms with Crippen LogP contribution in [0.1, 0.15) is 26.3 Å². The van der Waals surface area contributed by atoms with E-state index in [0.29, 0.717) is 5.70 Å². The summed E-state index contributed by atoms with van der Waals surface area (Å²) in [5, 5.41) is 0. The average Bonchev–Trinajstić information content (AvgIpc) is 2.69. The number of nitrogens with two attached hydrogens (primary N) is 2. The van der Waals surface area contributed by atoms with Gasteiger partial charge in [0.25, 0.3) is 0 Å². The Morgan fingerprint density at radius 3 is 2.25 bits per heavy atom. The molecule has 0 saturated heterocycles. The van der Waals surface area contributed by atoms with Crippen LogP contribution in [0.25, 0.3) is 0 Å². The molecule has 0 aliphatic heterocycles. The normalized spacial score (nSPS) is 15.2. The van der Waals surface area contributed by atoms with Gasteiger partial charge in [-0.1, -0.05) is 74.4 Å². The minimum atomic E-state index is -0.427. The lowest BCUT2D eigenvalue weighted by Gasteiger charge is -2.28. The summed E-state index contributed by atoms with van der Waals surface area (Å²) in [5.41, 5.74) is 16.7. The first-order chi connectivity index (χ1) is 13.2. The average molecular weight is 373 g/mol. The quantitative estimate of drug-likeness (QED) is 0.394. The highest BCUT2D eigenvalue weighted by molar-refractivity contribution is 5.51. The molecule has 146 valence electrons. The van der Waals surface area contributed by atoms with E-state index in [-0.39, 0.29) is 0 Å². The molecule has 0 aliphatic rings. The van der Waals surface area contributed by atoms with E-state index in [1.54, 1.807) is 6.08 Å². The van der Waals surface area contributed by atoms with Gasteiger partial charge in [0, 0.05) is 16.8 Å². The second kappa shape index (κ2) is 10.8. The molecule has 2 heteroatoms. The molecular formula is C26H32N2. The number of hydrogen-bond donors (Lipinski definition) is 2. The van der Waals surface area contributed by atoms with Crippen molar-refractivity contribution in [3.05, 3.63) is 127 Å². The predicted octanol–water partition coefficient (Wildman–Crippen LogP) is 6.30. The molecule has 0 aliphatic carbocycles. The van der Waals surface area contributed by atoms with Gasteiger partial charge in [-0.25, -0.2) is 0 Å². The van der Waals surface area contributed by atoms with Crippen molar-refractivity contribution in [1.29, 1.82) is 0 Å². The Morgan fingerprint density at radius 1 is 1.04 bits per heavy atom. The molecule has 0 heterocycles. The van der Waals surface area contributed by atoms with Crippen molar-refractivity contribution in [2.75, 3.05) is 5.73 Å². The van der Waals surface area contributed by atoms with E-state index in [1.165, 1.54) is 0 Å². The van der Waals surface area contributed by atoms with Crippen LogP contribution in [-0.4, -0.2) is 0 Å². The molecule has 0 saturated carbocycles. The fourth-order valence-electron chi connectivity index (χ4n) is 2.49. The molecule has 1 aromatic carbocycles. The molecule has 2 nitrogen and oxygen atoms in total. The van der Waals surface area contributed by atoms with Crippen molar-refractivity contribution in [2.45, 2.75) is 26.2 Å². The maximum absolute atomic E-state index is 5.86. The van der Waals surface area contributed by atoms with Gasteiger partial charge in [-0.3, -0.25) is 0 Å². The largest absolute Gasteiger partial charge is 0.399 e. The minimum Gasteiger partial charge on any atom is -0.399 e. The fourth-order valence-corrected chi connectivity index (χ4v) is 2.49. The smallest absolute Gasteiger partial charge is 0.0350 e. The van der Waals surface area contributed by atoms with Gasteiger partial charge < -0.3 is 11.5 Å². The molecule has 1 rings (SSSR count). The molecule has 1 unspecified atom stereocenters. The number of anilines is 1. The second-order valence-electron chi connectivity index (χ2n) is 6.81. The third-order valence-corrected chi connectivity index (χ3v) is 4.66. The first kappa shape index (κ1) is 22.8. The molecule has 0 fully saturated rings. The summed E-state index contributed by atoms with van der Waals surface area (Å²) >= 11 is 0. The zero-order chi connectivity index (χ0) is 21.2. The Balaban J connectivity index is 3.25. The summed E-state index contributed by atoms with van der Waals surface area (Å²) in [6.07, 6.45) is 17.5. The van der Waals surface area contributed by atoms with Crippen molar-refractivity contribution < 1.29 is 0 Å². The standard InChI is InChI=1S/C26H32N2/c1-7-9-11-20(3)21(4)13-14-22(5)26(6,19-10-12-24(27)8-2)23-15-17-25(28)18-16-23/h7-19H,2,4-5,27-28H2,1,3,6H3/b9-7-,14-13-,19-10+,20-11+,24-12+. The van der Waals surface area contributed by atoms with Crippen LogP contribution in [0.4, 0.5) is 5.69 Å². The number of hydrogen-bond acceptors (Lipinski definition) is 2. The Morgan fingerprint density at radius 2 is 1.68 bits per heavy atom.